The van der Waals surface area contributed by atoms with Gasteiger partial charge in [0.05, 0.1) is 25.3 Å². The van der Waals surface area contributed by atoms with Crippen LogP contribution in [0.2, 0.25) is 5.15 Å². The summed E-state index contributed by atoms with van der Waals surface area (Å²) in [4.78, 5) is 29.1. The van der Waals surface area contributed by atoms with Crippen molar-refractivity contribution in [2.45, 2.75) is 12.2 Å². The van der Waals surface area contributed by atoms with E-state index in [2.05, 4.69) is 9.72 Å². The van der Waals surface area contributed by atoms with Crippen LogP contribution in [0.5, 0.6) is 0 Å². The van der Waals surface area contributed by atoms with Crippen molar-refractivity contribution in [3.8, 4) is 0 Å². The molecule has 12 heteroatoms. The number of carbonyl (C=O) groups is 2. The van der Waals surface area contributed by atoms with Crippen molar-refractivity contribution >= 4 is 29.5 Å². The van der Waals surface area contributed by atoms with Crippen molar-refractivity contribution in [3.63, 3.8) is 0 Å². The average Bonchev–Trinajstić information content (AvgIpc) is 2.59. The number of nitrogens with zero attached hydrogens (tertiary/aromatic N) is 3. The molecule has 2 heterocycles. The lowest BCUT2D eigenvalue weighted by Gasteiger charge is -2.40. The second kappa shape index (κ2) is 7.54. The second-order valence-corrected chi connectivity index (χ2v) is 5.80. The molecule has 8 nitrogen and oxygen atoms in total. The molecule has 0 saturated carbocycles. The number of aromatic nitrogens is 1. The molecule has 1 atom stereocenters. The molecule has 1 aliphatic heterocycles. The van der Waals surface area contributed by atoms with E-state index in [0.29, 0.717) is 6.07 Å². The first kappa shape index (κ1) is 20.0. The Morgan fingerprint density at radius 2 is 2.08 bits per heavy atom. The Hall–Kier alpha value is -2.27. The number of piperazine rings is 1. The maximum Gasteiger partial charge on any atom is 0.419 e. The summed E-state index contributed by atoms with van der Waals surface area (Å²) in [6.45, 7) is -0.625. The first-order valence-electron chi connectivity index (χ1n) is 7.31. The van der Waals surface area contributed by atoms with Gasteiger partial charge in [0.1, 0.15) is 16.5 Å². The predicted octanol–water partition coefficient (Wildman–Crippen LogP) is 1.70. The Kier molecular flexibility index (Phi) is 5.81. The number of ether oxygens (including phenoxy) is 1. The third-order valence-electron chi connectivity index (χ3n) is 3.90. The highest BCUT2D eigenvalue weighted by atomic mass is 35.5. The van der Waals surface area contributed by atoms with Crippen molar-refractivity contribution in [1.29, 1.82) is 0 Å². The quantitative estimate of drug-likeness (QED) is 0.591. The number of halogens is 4. The van der Waals surface area contributed by atoms with E-state index in [1.54, 1.807) is 0 Å². The fourth-order valence-corrected chi connectivity index (χ4v) is 2.87. The number of methoxy groups -OCH3 is 1. The fourth-order valence-electron chi connectivity index (χ4n) is 2.62. The van der Waals surface area contributed by atoms with Gasteiger partial charge in [-0.05, 0) is 6.07 Å². The van der Waals surface area contributed by atoms with E-state index in [-0.39, 0.29) is 25.5 Å². The second-order valence-electron chi connectivity index (χ2n) is 5.45. The van der Waals surface area contributed by atoms with Crippen LogP contribution in [-0.2, 0) is 10.9 Å². The number of anilines is 1. The molecule has 0 spiro atoms. The third kappa shape index (κ3) is 3.93. The van der Waals surface area contributed by atoms with E-state index < -0.39 is 47.2 Å². The largest absolute Gasteiger partial charge is 0.465 e. The Balaban J connectivity index is 2.52. The smallest absolute Gasteiger partial charge is 0.419 e. The van der Waals surface area contributed by atoms with Gasteiger partial charge in [-0.2, -0.15) is 13.2 Å². The van der Waals surface area contributed by atoms with Crippen LogP contribution >= 0.6 is 11.6 Å². The van der Waals surface area contributed by atoms with Crippen LogP contribution in [0.1, 0.15) is 15.9 Å². The van der Waals surface area contributed by atoms with Crippen molar-refractivity contribution in [2.24, 2.45) is 0 Å². The van der Waals surface area contributed by atoms with Gasteiger partial charge in [-0.25, -0.2) is 14.6 Å². The molecule has 0 bridgehead atoms. The summed E-state index contributed by atoms with van der Waals surface area (Å²) in [7, 11) is 1.000. The number of aliphatic hydroxyl groups is 1. The maximum atomic E-state index is 13.1. The highest BCUT2D eigenvalue weighted by Gasteiger charge is 2.38. The predicted molar refractivity (Wildman–Crippen MR) is 83.4 cm³/mol. The first-order valence-corrected chi connectivity index (χ1v) is 7.69. The van der Waals surface area contributed by atoms with Crippen LogP contribution in [0.15, 0.2) is 6.07 Å². The Morgan fingerprint density at radius 3 is 2.58 bits per heavy atom. The monoisotopic (exact) mass is 397 g/mol. The van der Waals surface area contributed by atoms with Crippen molar-refractivity contribution in [1.82, 2.24) is 9.88 Å². The molecule has 1 saturated heterocycles. The van der Waals surface area contributed by atoms with E-state index in [1.807, 2.05) is 0 Å². The lowest BCUT2D eigenvalue weighted by Crippen LogP contribution is -2.56. The van der Waals surface area contributed by atoms with Crippen LogP contribution in [0.4, 0.5) is 23.8 Å². The Bertz CT molecular complexity index is 716. The zero-order chi connectivity index (χ0) is 19.6. The fraction of sp³-hybridized carbons (Fsp3) is 0.500. The minimum Gasteiger partial charge on any atom is -0.465 e. The number of rotatable bonds is 3. The topological polar surface area (TPSA) is 103 Å². The number of aliphatic hydroxyl groups excluding tert-OH is 1. The number of hydrogen-bond donors (Lipinski definition) is 2. The van der Waals surface area contributed by atoms with Crippen molar-refractivity contribution < 1.29 is 37.7 Å². The summed E-state index contributed by atoms with van der Waals surface area (Å²) in [5, 5.41) is 17.7. The van der Waals surface area contributed by atoms with E-state index in [0.717, 1.165) is 12.0 Å². The third-order valence-corrected chi connectivity index (χ3v) is 4.19. The molecule has 1 amide bonds. The zero-order valence-corrected chi connectivity index (χ0v) is 14.2. The standard InChI is InChI=1S/C14H15ClF3N3O5/c1-26-12(23)8-4-9(14(16,17)18)10(15)19-11(8)21-3-2-20(13(24)25)5-7(21)6-22/h4,7,22H,2-3,5-6H2,1H3,(H,24,25)/t7-/m1/s1. The van der Waals surface area contributed by atoms with Gasteiger partial charge in [-0.1, -0.05) is 11.6 Å². The van der Waals surface area contributed by atoms with Gasteiger partial charge < -0.3 is 24.7 Å². The molecule has 0 radical (unpaired) electrons. The lowest BCUT2D eigenvalue weighted by atomic mass is 10.1. The van der Waals surface area contributed by atoms with E-state index in [1.165, 1.54) is 4.90 Å². The summed E-state index contributed by atoms with van der Waals surface area (Å²) in [6.07, 6.45) is -6.03. The van der Waals surface area contributed by atoms with Crippen LogP contribution in [0.3, 0.4) is 0 Å². The molecule has 1 aromatic rings. The molecular weight excluding hydrogens is 383 g/mol. The molecule has 1 aromatic heterocycles. The molecule has 0 unspecified atom stereocenters. The average molecular weight is 398 g/mol. The van der Waals surface area contributed by atoms with Gasteiger partial charge in [0.25, 0.3) is 0 Å². The SMILES string of the molecule is COC(=O)c1cc(C(F)(F)F)c(Cl)nc1N1CCN(C(=O)O)C[C@@H]1CO. The molecule has 0 aliphatic carbocycles. The molecule has 26 heavy (non-hydrogen) atoms. The van der Waals surface area contributed by atoms with Gasteiger partial charge in [-0.15, -0.1) is 0 Å². The number of alkyl halides is 3. The summed E-state index contributed by atoms with van der Waals surface area (Å²) < 4.78 is 43.7. The zero-order valence-electron chi connectivity index (χ0n) is 13.5. The van der Waals surface area contributed by atoms with Gasteiger partial charge in [-0.3, -0.25) is 0 Å². The number of amides is 1. The molecular formula is C14H15ClF3N3O5. The highest BCUT2D eigenvalue weighted by molar-refractivity contribution is 6.30. The number of carboxylic acid groups (broad SMARTS) is 1. The number of pyridine rings is 1. The van der Waals surface area contributed by atoms with Gasteiger partial charge in [0.2, 0.25) is 0 Å². The Morgan fingerprint density at radius 1 is 1.42 bits per heavy atom. The van der Waals surface area contributed by atoms with E-state index >= 15 is 0 Å². The summed E-state index contributed by atoms with van der Waals surface area (Å²) >= 11 is 5.65. The lowest BCUT2D eigenvalue weighted by molar-refractivity contribution is -0.137. The molecule has 1 fully saturated rings. The van der Waals surface area contributed by atoms with Crippen molar-refractivity contribution in [3.05, 3.63) is 22.3 Å². The normalized spacial score (nSPS) is 18.0. The molecule has 2 rings (SSSR count). The number of hydrogen-bond acceptors (Lipinski definition) is 6. The van der Waals surface area contributed by atoms with Crippen LogP contribution < -0.4 is 4.90 Å². The minimum atomic E-state index is -4.83. The van der Waals surface area contributed by atoms with Crippen LogP contribution in [0.25, 0.3) is 0 Å². The van der Waals surface area contributed by atoms with Gasteiger partial charge in [0, 0.05) is 19.6 Å². The molecule has 144 valence electrons. The van der Waals surface area contributed by atoms with Crippen LogP contribution in [0, 0.1) is 0 Å². The van der Waals surface area contributed by atoms with Gasteiger partial charge >= 0.3 is 18.2 Å². The summed E-state index contributed by atoms with van der Waals surface area (Å²) in [5.74, 6) is -1.27. The highest BCUT2D eigenvalue weighted by Crippen LogP contribution is 2.37. The molecule has 1 aliphatic rings. The minimum absolute atomic E-state index is 0.00376. The van der Waals surface area contributed by atoms with Crippen molar-refractivity contribution in [2.75, 3.05) is 38.3 Å². The van der Waals surface area contributed by atoms with E-state index in [9.17, 15) is 27.9 Å². The Labute approximate surface area is 150 Å². The maximum absolute atomic E-state index is 13.1. The summed E-state index contributed by atoms with van der Waals surface area (Å²) in [6, 6.07) is -0.280. The summed E-state index contributed by atoms with van der Waals surface area (Å²) in [5.41, 5.74) is -1.78. The number of carbonyl (C=O) groups excluding carboxylic acids is 1. The van der Waals surface area contributed by atoms with E-state index in [4.69, 9.17) is 16.7 Å². The van der Waals surface area contributed by atoms with Gasteiger partial charge in [0.15, 0.2) is 0 Å². The number of esters is 1. The van der Waals surface area contributed by atoms with Crippen LogP contribution in [-0.4, -0.2) is 71.6 Å². The molecule has 2 N–H and O–H groups in total. The molecule has 0 aromatic carbocycles. The first-order chi connectivity index (χ1) is 12.1.